The summed E-state index contributed by atoms with van der Waals surface area (Å²) in [6.07, 6.45) is 6.39. The first-order valence-corrected chi connectivity index (χ1v) is 4.74. The molecule has 0 radical (unpaired) electrons. The standard InChI is InChI=1S/C12H14O5/c1-9(13)5-4-6-10(12(15)17-3)7-8-11(14)16-2/h4-8H,1-3H3. The molecule has 0 aromatic rings. The molecule has 17 heavy (non-hydrogen) atoms. The first-order chi connectivity index (χ1) is 8.01. The van der Waals surface area contributed by atoms with Gasteiger partial charge in [0.15, 0.2) is 5.78 Å². The second-order valence-corrected chi connectivity index (χ2v) is 2.94. The monoisotopic (exact) mass is 238 g/mol. The largest absolute Gasteiger partial charge is 0.466 e. The molecule has 5 nitrogen and oxygen atoms in total. The minimum absolute atomic E-state index is 0.135. The highest BCUT2D eigenvalue weighted by Gasteiger charge is 2.05. The van der Waals surface area contributed by atoms with Gasteiger partial charge in [0, 0.05) is 6.08 Å². The van der Waals surface area contributed by atoms with Crippen molar-refractivity contribution in [3.63, 3.8) is 0 Å². The van der Waals surface area contributed by atoms with Crippen LogP contribution < -0.4 is 0 Å². The molecule has 0 aromatic heterocycles. The van der Waals surface area contributed by atoms with Gasteiger partial charge in [-0.05, 0) is 25.2 Å². The lowest BCUT2D eigenvalue weighted by Gasteiger charge is -1.98. The molecule has 0 aromatic carbocycles. The van der Waals surface area contributed by atoms with Crippen LogP contribution in [0.5, 0.6) is 0 Å². The van der Waals surface area contributed by atoms with Gasteiger partial charge in [-0.25, -0.2) is 9.59 Å². The van der Waals surface area contributed by atoms with E-state index >= 15 is 0 Å². The third kappa shape index (κ3) is 6.83. The summed E-state index contributed by atoms with van der Waals surface area (Å²) in [6, 6.07) is 0. The Labute approximate surface area is 99.4 Å². The molecule has 0 unspecified atom stereocenters. The van der Waals surface area contributed by atoms with Crippen LogP contribution in [0.25, 0.3) is 0 Å². The highest BCUT2D eigenvalue weighted by Crippen LogP contribution is 2.01. The summed E-state index contributed by atoms with van der Waals surface area (Å²) in [5.74, 6) is -1.35. The number of ketones is 1. The van der Waals surface area contributed by atoms with Crippen LogP contribution >= 0.6 is 0 Å². The van der Waals surface area contributed by atoms with Crippen molar-refractivity contribution in [3.8, 4) is 0 Å². The minimum atomic E-state index is -0.613. The Balaban J connectivity index is 4.89. The highest BCUT2D eigenvalue weighted by molar-refractivity contribution is 5.94. The fourth-order valence-corrected chi connectivity index (χ4v) is 0.823. The number of allylic oxidation sites excluding steroid dienone is 3. The molecule has 0 heterocycles. The molecule has 5 heteroatoms. The molecule has 0 atom stereocenters. The summed E-state index contributed by atoms with van der Waals surface area (Å²) in [7, 11) is 2.45. The molecular weight excluding hydrogens is 224 g/mol. The number of carbonyl (C=O) groups excluding carboxylic acids is 3. The normalized spacial score (nSPS) is 11.8. The third-order valence-corrected chi connectivity index (χ3v) is 1.63. The van der Waals surface area contributed by atoms with Crippen LogP contribution in [0.1, 0.15) is 6.92 Å². The lowest BCUT2D eigenvalue weighted by molar-refractivity contribution is -0.135. The second-order valence-electron chi connectivity index (χ2n) is 2.94. The summed E-state index contributed by atoms with van der Waals surface area (Å²) in [4.78, 5) is 32.8. The van der Waals surface area contributed by atoms with Gasteiger partial charge in [-0.3, -0.25) is 4.79 Å². The van der Waals surface area contributed by atoms with E-state index in [1.165, 1.54) is 45.4 Å². The number of methoxy groups -OCH3 is 2. The van der Waals surface area contributed by atoms with Crippen molar-refractivity contribution in [2.24, 2.45) is 0 Å². The van der Waals surface area contributed by atoms with Crippen LogP contribution in [0.2, 0.25) is 0 Å². The van der Waals surface area contributed by atoms with E-state index in [4.69, 9.17) is 0 Å². The molecule has 92 valence electrons. The highest BCUT2D eigenvalue weighted by atomic mass is 16.5. The number of hydrogen-bond donors (Lipinski definition) is 0. The Morgan fingerprint density at radius 3 is 2.06 bits per heavy atom. The quantitative estimate of drug-likeness (QED) is 0.405. The molecule has 0 spiro atoms. The van der Waals surface area contributed by atoms with Gasteiger partial charge in [0.25, 0.3) is 0 Å². The Hall–Kier alpha value is -2.17. The summed E-state index contributed by atoms with van der Waals surface area (Å²) in [5.41, 5.74) is 0.135. The zero-order chi connectivity index (χ0) is 13.3. The maximum Gasteiger partial charge on any atom is 0.337 e. The predicted octanol–water partition coefficient (Wildman–Crippen LogP) is 0.960. The molecular formula is C12H14O5. The average Bonchev–Trinajstić information content (AvgIpc) is 2.31. The molecule has 0 aliphatic carbocycles. The number of hydrogen-bond acceptors (Lipinski definition) is 5. The molecule has 0 saturated heterocycles. The Morgan fingerprint density at radius 1 is 0.941 bits per heavy atom. The van der Waals surface area contributed by atoms with Crippen molar-refractivity contribution in [3.05, 3.63) is 36.0 Å². The summed E-state index contributed by atoms with van der Waals surface area (Å²) >= 11 is 0. The van der Waals surface area contributed by atoms with Crippen molar-refractivity contribution < 1.29 is 23.9 Å². The molecule has 0 rings (SSSR count). The van der Waals surface area contributed by atoms with Crippen LogP contribution in [0.4, 0.5) is 0 Å². The zero-order valence-electron chi connectivity index (χ0n) is 9.93. The van der Waals surface area contributed by atoms with Gasteiger partial charge in [-0.1, -0.05) is 6.08 Å². The SMILES string of the molecule is COC(=O)C=CC(=CC=CC(C)=O)C(=O)OC. The van der Waals surface area contributed by atoms with Crippen molar-refractivity contribution in [2.45, 2.75) is 6.92 Å². The third-order valence-electron chi connectivity index (χ3n) is 1.63. The van der Waals surface area contributed by atoms with Crippen molar-refractivity contribution in [1.29, 1.82) is 0 Å². The van der Waals surface area contributed by atoms with Gasteiger partial charge >= 0.3 is 11.9 Å². The number of rotatable bonds is 5. The first-order valence-electron chi connectivity index (χ1n) is 4.74. The Morgan fingerprint density at radius 2 is 1.59 bits per heavy atom. The first kappa shape index (κ1) is 14.8. The number of carbonyl (C=O) groups is 3. The lowest BCUT2D eigenvalue weighted by Crippen LogP contribution is -2.03. The van der Waals surface area contributed by atoms with Crippen LogP contribution in [-0.2, 0) is 23.9 Å². The second kappa shape index (κ2) is 8.04. The van der Waals surface area contributed by atoms with E-state index in [0.29, 0.717) is 0 Å². The van der Waals surface area contributed by atoms with Crippen LogP contribution in [0, 0.1) is 0 Å². The van der Waals surface area contributed by atoms with Crippen molar-refractivity contribution in [2.75, 3.05) is 14.2 Å². The van der Waals surface area contributed by atoms with E-state index in [0.717, 1.165) is 6.08 Å². The van der Waals surface area contributed by atoms with E-state index in [-0.39, 0.29) is 11.4 Å². The number of ether oxygens (including phenoxy) is 2. The molecule has 0 amide bonds. The molecule has 0 N–H and O–H groups in total. The molecule has 0 saturated carbocycles. The van der Waals surface area contributed by atoms with Crippen LogP contribution in [-0.4, -0.2) is 31.9 Å². The lowest BCUT2D eigenvalue weighted by atomic mass is 10.2. The number of esters is 2. The molecule has 0 bridgehead atoms. The van der Waals surface area contributed by atoms with E-state index < -0.39 is 11.9 Å². The Kier molecular flexibility index (Phi) is 7.01. The fraction of sp³-hybridized carbons (Fsp3) is 0.250. The molecule has 0 aliphatic heterocycles. The van der Waals surface area contributed by atoms with E-state index in [2.05, 4.69) is 9.47 Å². The van der Waals surface area contributed by atoms with Crippen LogP contribution in [0.15, 0.2) is 36.0 Å². The zero-order valence-corrected chi connectivity index (χ0v) is 9.93. The van der Waals surface area contributed by atoms with Gasteiger partial charge in [0.05, 0.1) is 19.8 Å². The van der Waals surface area contributed by atoms with E-state index in [9.17, 15) is 14.4 Å². The summed E-state index contributed by atoms with van der Waals surface area (Å²) in [6.45, 7) is 1.38. The van der Waals surface area contributed by atoms with Crippen LogP contribution in [0.3, 0.4) is 0 Å². The summed E-state index contributed by atoms with van der Waals surface area (Å²) in [5, 5.41) is 0. The maximum absolute atomic E-state index is 11.3. The fourth-order valence-electron chi connectivity index (χ4n) is 0.823. The average molecular weight is 238 g/mol. The van der Waals surface area contributed by atoms with Gasteiger partial charge < -0.3 is 9.47 Å². The summed E-state index contributed by atoms with van der Waals surface area (Å²) < 4.78 is 8.89. The molecule has 0 aliphatic rings. The van der Waals surface area contributed by atoms with Gasteiger partial charge in [0.2, 0.25) is 0 Å². The topological polar surface area (TPSA) is 69.7 Å². The van der Waals surface area contributed by atoms with Crippen molar-refractivity contribution >= 4 is 17.7 Å². The Bertz CT molecular complexity index is 388. The van der Waals surface area contributed by atoms with Gasteiger partial charge in [-0.2, -0.15) is 0 Å². The van der Waals surface area contributed by atoms with E-state index in [1.807, 2.05) is 0 Å². The van der Waals surface area contributed by atoms with Crippen molar-refractivity contribution in [1.82, 2.24) is 0 Å². The maximum atomic E-state index is 11.3. The van der Waals surface area contributed by atoms with Gasteiger partial charge in [-0.15, -0.1) is 0 Å². The smallest absolute Gasteiger partial charge is 0.337 e. The molecule has 0 fully saturated rings. The van der Waals surface area contributed by atoms with E-state index in [1.54, 1.807) is 0 Å². The predicted molar refractivity (Wildman–Crippen MR) is 61.1 cm³/mol. The van der Waals surface area contributed by atoms with Gasteiger partial charge in [0.1, 0.15) is 0 Å². The minimum Gasteiger partial charge on any atom is -0.466 e.